The monoisotopic (exact) mass is 261 g/mol. The number of aliphatic hydroxyl groups excluding tert-OH is 1. The van der Waals surface area contributed by atoms with Crippen molar-refractivity contribution in [1.82, 2.24) is 4.90 Å². The maximum atomic E-state index is 12.0. The molecule has 0 aromatic heterocycles. The smallest absolute Gasteiger partial charge is 0.255 e. The molecule has 1 rings (SSSR count). The van der Waals surface area contributed by atoms with Gasteiger partial charge < -0.3 is 10.0 Å². The minimum absolute atomic E-state index is 0.0968. The number of benzene rings is 1. The number of hydrogen-bond acceptors (Lipinski definition) is 2. The third kappa shape index (κ3) is 2.67. The van der Waals surface area contributed by atoms with Gasteiger partial charge in [-0.3, -0.25) is 4.79 Å². The molecule has 88 valence electrons. The summed E-state index contributed by atoms with van der Waals surface area (Å²) in [5, 5.41) is 9.56. The number of carbonyl (C=O) groups is 1. The zero-order chi connectivity index (χ0) is 12.3. The highest BCUT2D eigenvalue weighted by Crippen LogP contribution is 2.26. The largest absolute Gasteiger partial charge is 0.394 e. The summed E-state index contributed by atoms with van der Waals surface area (Å²) < 4.78 is 0. The van der Waals surface area contributed by atoms with Crippen LogP contribution < -0.4 is 0 Å². The van der Waals surface area contributed by atoms with Gasteiger partial charge in [0.25, 0.3) is 5.91 Å². The van der Waals surface area contributed by atoms with E-state index in [9.17, 15) is 4.79 Å². The molecular formula is C11H13Cl2NO2. The molecule has 0 aliphatic heterocycles. The van der Waals surface area contributed by atoms with Gasteiger partial charge >= 0.3 is 0 Å². The second-order valence-electron chi connectivity index (χ2n) is 3.55. The van der Waals surface area contributed by atoms with E-state index in [-0.39, 0.29) is 23.6 Å². The van der Waals surface area contributed by atoms with E-state index in [4.69, 9.17) is 28.3 Å². The van der Waals surface area contributed by atoms with E-state index in [1.165, 1.54) is 4.90 Å². The van der Waals surface area contributed by atoms with Crippen molar-refractivity contribution in [2.24, 2.45) is 0 Å². The van der Waals surface area contributed by atoms with Crippen molar-refractivity contribution in [3.05, 3.63) is 33.8 Å². The first-order chi connectivity index (χ1) is 7.49. The third-order valence-electron chi connectivity index (χ3n) is 2.43. The molecule has 3 nitrogen and oxygen atoms in total. The molecular weight excluding hydrogens is 249 g/mol. The van der Waals surface area contributed by atoms with Gasteiger partial charge in [-0.15, -0.1) is 0 Å². The summed E-state index contributed by atoms with van der Waals surface area (Å²) in [4.78, 5) is 13.4. The quantitative estimate of drug-likeness (QED) is 0.908. The summed E-state index contributed by atoms with van der Waals surface area (Å²) >= 11 is 11.8. The number of halogens is 2. The molecule has 0 saturated heterocycles. The van der Waals surface area contributed by atoms with Crippen LogP contribution in [-0.4, -0.2) is 35.6 Å². The van der Waals surface area contributed by atoms with Crippen LogP contribution in [0.3, 0.4) is 0 Å². The van der Waals surface area contributed by atoms with Gasteiger partial charge in [0.05, 0.1) is 28.3 Å². The SMILES string of the molecule is CC(CO)N(C)C(=O)c1cccc(Cl)c1Cl. The Morgan fingerprint density at radius 1 is 1.50 bits per heavy atom. The van der Waals surface area contributed by atoms with Crippen LogP contribution in [0.15, 0.2) is 18.2 Å². The van der Waals surface area contributed by atoms with Crippen LogP contribution in [0.2, 0.25) is 10.0 Å². The van der Waals surface area contributed by atoms with Gasteiger partial charge in [-0.05, 0) is 19.1 Å². The molecule has 0 aliphatic carbocycles. The molecule has 0 fully saturated rings. The van der Waals surface area contributed by atoms with Crippen molar-refractivity contribution in [1.29, 1.82) is 0 Å². The van der Waals surface area contributed by atoms with Crippen LogP contribution in [0.1, 0.15) is 17.3 Å². The fraction of sp³-hybridized carbons (Fsp3) is 0.364. The number of nitrogens with zero attached hydrogens (tertiary/aromatic N) is 1. The Labute approximate surface area is 105 Å². The normalized spacial score (nSPS) is 12.3. The van der Waals surface area contributed by atoms with Gasteiger partial charge in [-0.1, -0.05) is 29.3 Å². The molecule has 5 heteroatoms. The second kappa shape index (κ2) is 5.53. The standard InChI is InChI=1S/C11H13Cl2NO2/c1-7(6-15)14(2)11(16)8-4-3-5-9(12)10(8)13/h3-5,7,15H,6H2,1-2H3. The van der Waals surface area contributed by atoms with E-state index < -0.39 is 0 Å². The summed E-state index contributed by atoms with van der Waals surface area (Å²) in [6, 6.07) is 4.63. The number of amides is 1. The van der Waals surface area contributed by atoms with Crippen molar-refractivity contribution < 1.29 is 9.90 Å². The van der Waals surface area contributed by atoms with Gasteiger partial charge in [-0.2, -0.15) is 0 Å². The molecule has 0 aliphatic rings. The van der Waals surface area contributed by atoms with E-state index in [1.54, 1.807) is 32.2 Å². The molecule has 1 atom stereocenters. The van der Waals surface area contributed by atoms with Gasteiger partial charge in [0.15, 0.2) is 0 Å². The first-order valence-electron chi connectivity index (χ1n) is 4.81. The van der Waals surface area contributed by atoms with Gasteiger partial charge in [-0.25, -0.2) is 0 Å². The lowest BCUT2D eigenvalue weighted by Gasteiger charge is -2.23. The van der Waals surface area contributed by atoms with E-state index in [0.717, 1.165) is 0 Å². The maximum absolute atomic E-state index is 12.0. The molecule has 0 spiro atoms. The van der Waals surface area contributed by atoms with E-state index >= 15 is 0 Å². The molecule has 1 aromatic carbocycles. The summed E-state index contributed by atoms with van der Waals surface area (Å²) in [7, 11) is 1.61. The summed E-state index contributed by atoms with van der Waals surface area (Å²) in [6.07, 6.45) is 0. The van der Waals surface area contributed by atoms with Crippen molar-refractivity contribution >= 4 is 29.1 Å². The zero-order valence-corrected chi connectivity index (χ0v) is 10.6. The number of rotatable bonds is 3. The Morgan fingerprint density at radius 2 is 2.12 bits per heavy atom. The Morgan fingerprint density at radius 3 is 2.69 bits per heavy atom. The van der Waals surface area contributed by atoms with E-state index in [1.807, 2.05) is 0 Å². The Bertz CT molecular complexity index is 396. The Balaban J connectivity index is 3.01. The molecule has 0 radical (unpaired) electrons. The lowest BCUT2D eigenvalue weighted by Crippen LogP contribution is -2.37. The second-order valence-corrected chi connectivity index (χ2v) is 4.33. The van der Waals surface area contributed by atoms with Crippen LogP contribution in [-0.2, 0) is 0 Å². The van der Waals surface area contributed by atoms with Crippen LogP contribution >= 0.6 is 23.2 Å². The van der Waals surface area contributed by atoms with Gasteiger partial charge in [0.2, 0.25) is 0 Å². The van der Waals surface area contributed by atoms with Gasteiger partial charge in [0, 0.05) is 7.05 Å². The lowest BCUT2D eigenvalue weighted by atomic mass is 10.2. The number of likely N-dealkylation sites (N-methyl/N-ethyl adjacent to an activating group) is 1. The Kier molecular flexibility index (Phi) is 4.59. The minimum atomic E-state index is -0.262. The molecule has 1 amide bonds. The molecule has 16 heavy (non-hydrogen) atoms. The zero-order valence-electron chi connectivity index (χ0n) is 9.08. The summed E-state index contributed by atoms with van der Waals surface area (Å²) in [6.45, 7) is 1.65. The molecule has 0 saturated carbocycles. The van der Waals surface area contributed by atoms with Gasteiger partial charge in [0.1, 0.15) is 0 Å². The average Bonchev–Trinajstić information content (AvgIpc) is 2.29. The first-order valence-corrected chi connectivity index (χ1v) is 5.56. The predicted octanol–water partition coefficient (Wildman–Crippen LogP) is 2.45. The topological polar surface area (TPSA) is 40.5 Å². The molecule has 1 aromatic rings. The highest BCUT2D eigenvalue weighted by molar-refractivity contribution is 6.43. The van der Waals surface area contributed by atoms with Crippen LogP contribution in [0.5, 0.6) is 0 Å². The van der Waals surface area contributed by atoms with Crippen molar-refractivity contribution in [3.63, 3.8) is 0 Å². The minimum Gasteiger partial charge on any atom is -0.394 e. The summed E-state index contributed by atoms with van der Waals surface area (Å²) in [5.74, 6) is -0.256. The van der Waals surface area contributed by atoms with Crippen LogP contribution in [0.25, 0.3) is 0 Å². The number of hydrogen-bond donors (Lipinski definition) is 1. The molecule has 1 unspecified atom stereocenters. The lowest BCUT2D eigenvalue weighted by molar-refractivity contribution is 0.0682. The van der Waals surface area contributed by atoms with E-state index in [0.29, 0.717) is 10.6 Å². The summed E-state index contributed by atoms with van der Waals surface area (Å²) in [5.41, 5.74) is 0.344. The van der Waals surface area contributed by atoms with Crippen molar-refractivity contribution in [2.75, 3.05) is 13.7 Å². The van der Waals surface area contributed by atoms with Crippen molar-refractivity contribution in [2.45, 2.75) is 13.0 Å². The highest BCUT2D eigenvalue weighted by atomic mass is 35.5. The molecule has 0 bridgehead atoms. The third-order valence-corrected chi connectivity index (χ3v) is 3.25. The van der Waals surface area contributed by atoms with Crippen molar-refractivity contribution in [3.8, 4) is 0 Å². The fourth-order valence-electron chi connectivity index (χ4n) is 1.18. The number of aliphatic hydroxyl groups is 1. The predicted molar refractivity (Wildman–Crippen MR) is 65.1 cm³/mol. The van der Waals surface area contributed by atoms with E-state index in [2.05, 4.69) is 0 Å². The van der Waals surface area contributed by atoms with Crippen LogP contribution in [0.4, 0.5) is 0 Å². The number of carbonyl (C=O) groups excluding carboxylic acids is 1. The maximum Gasteiger partial charge on any atom is 0.255 e. The fourth-order valence-corrected chi connectivity index (χ4v) is 1.56. The van der Waals surface area contributed by atoms with Crippen LogP contribution in [0, 0.1) is 0 Å². The Hall–Kier alpha value is -0.770. The first kappa shape index (κ1) is 13.3. The molecule has 1 N–H and O–H groups in total. The average molecular weight is 262 g/mol. The molecule has 0 heterocycles. The highest BCUT2D eigenvalue weighted by Gasteiger charge is 2.19.